The van der Waals surface area contributed by atoms with Gasteiger partial charge in [-0.25, -0.2) is 4.90 Å². The van der Waals surface area contributed by atoms with Crippen molar-refractivity contribution < 1.29 is 9.59 Å². The molecule has 0 fully saturated rings. The molecule has 1 heterocycles. The van der Waals surface area contributed by atoms with E-state index in [4.69, 9.17) is 11.6 Å². The Morgan fingerprint density at radius 3 is 2.17 bits per heavy atom. The average molecular weight is 258 g/mol. The molecule has 1 aliphatic rings. The number of carbonyl (C=O) groups excluding carboxylic acids is 2. The van der Waals surface area contributed by atoms with Crippen LogP contribution in [0.3, 0.4) is 0 Å². The minimum Gasteiger partial charge on any atom is -0.269 e. The van der Waals surface area contributed by atoms with Gasteiger partial charge in [0.05, 0.1) is 5.69 Å². The Labute approximate surface area is 108 Å². The molecular formula is C14H8ClNO2. The van der Waals surface area contributed by atoms with Gasteiger partial charge in [0, 0.05) is 27.9 Å². The first kappa shape index (κ1) is 11.0. The molecule has 0 atom stereocenters. The van der Waals surface area contributed by atoms with Gasteiger partial charge in [0.25, 0.3) is 11.8 Å². The largest absolute Gasteiger partial charge is 0.269 e. The summed E-state index contributed by atoms with van der Waals surface area (Å²) in [6.45, 7) is 0. The van der Waals surface area contributed by atoms with Crippen molar-refractivity contribution in [3.8, 4) is 0 Å². The van der Waals surface area contributed by atoms with Gasteiger partial charge in [0.2, 0.25) is 0 Å². The lowest BCUT2D eigenvalue weighted by Crippen LogP contribution is -2.29. The number of benzene rings is 2. The topological polar surface area (TPSA) is 37.4 Å². The van der Waals surface area contributed by atoms with Crippen molar-refractivity contribution in [2.75, 3.05) is 4.90 Å². The third-order valence-corrected chi connectivity index (χ3v) is 3.23. The predicted octanol–water partition coefficient (Wildman–Crippen LogP) is 2.92. The van der Waals surface area contributed by atoms with E-state index in [-0.39, 0.29) is 11.8 Å². The monoisotopic (exact) mass is 257 g/mol. The molecule has 3 rings (SSSR count). The minimum absolute atomic E-state index is 0.326. The van der Waals surface area contributed by atoms with E-state index >= 15 is 0 Å². The van der Waals surface area contributed by atoms with Crippen LogP contribution in [0.15, 0.2) is 48.6 Å². The third kappa shape index (κ3) is 1.52. The van der Waals surface area contributed by atoms with Crippen LogP contribution in [0.1, 0.15) is 0 Å². The van der Waals surface area contributed by atoms with E-state index in [0.717, 1.165) is 15.7 Å². The van der Waals surface area contributed by atoms with Crippen LogP contribution >= 0.6 is 11.6 Å². The summed E-state index contributed by atoms with van der Waals surface area (Å²) in [4.78, 5) is 24.5. The Balaban J connectivity index is 2.28. The highest BCUT2D eigenvalue weighted by Gasteiger charge is 2.26. The number of hydrogen-bond donors (Lipinski definition) is 0. The fourth-order valence-electron chi connectivity index (χ4n) is 2.09. The van der Waals surface area contributed by atoms with Gasteiger partial charge in [-0.3, -0.25) is 9.59 Å². The van der Waals surface area contributed by atoms with Crippen LogP contribution in [0, 0.1) is 0 Å². The van der Waals surface area contributed by atoms with Crippen LogP contribution in [0.25, 0.3) is 10.8 Å². The highest BCUT2D eigenvalue weighted by atomic mass is 35.5. The van der Waals surface area contributed by atoms with Gasteiger partial charge in [-0.2, -0.15) is 0 Å². The fraction of sp³-hybridized carbons (Fsp3) is 0. The van der Waals surface area contributed by atoms with Crippen molar-refractivity contribution in [3.63, 3.8) is 0 Å². The molecular weight excluding hydrogens is 250 g/mol. The van der Waals surface area contributed by atoms with Gasteiger partial charge in [0.15, 0.2) is 0 Å². The van der Waals surface area contributed by atoms with Crippen molar-refractivity contribution >= 4 is 39.9 Å². The maximum Gasteiger partial charge on any atom is 0.258 e. The number of fused-ring (bicyclic) bond motifs is 1. The smallest absolute Gasteiger partial charge is 0.258 e. The van der Waals surface area contributed by atoms with Crippen molar-refractivity contribution in [1.82, 2.24) is 0 Å². The molecule has 18 heavy (non-hydrogen) atoms. The Morgan fingerprint density at radius 2 is 1.44 bits per heavy atom. The molecule has 2 aromatic carbocycles. The summed E-state index contributed by atoms with van der Waals surface area (Å²) in [7, 11) is 0. The molecule has 3 nitrogen and oxygen atoms in total. The summed E-state index contributed by atoms with van der Waals surface area (Å²) in [5.74, 6) is -0.653. The van der Waals surface area contributed by atoms with Crippen molar-refractivity contribution in [3.05, 3.63) is 53.6 Å². The molecule has 2 amide bonds. The summed E-state index contributed by atoms with van der Waals surface area (Å²) in [6.07, 6.45) is 2.54. The molecule has 0 aromatic heterocycles. The number of anilines is 1. The second kappa shape index (κ2) is 3.96. The number of amides is 2. The zero-order valence-corrected chi connectivity index (χ0v) is 10.0. The van der Waals surface area contributed by atoms with E-state index in [1.807, 2.05) is 12.1 Å². The van der Waals surface area contributed by atoms with Crippen LogP contribution in [-0.2, 0) is 9.59 Å². The van der Waals surface area contributed by atoms with Crippen LogP contribution in [-0.4, -0.2) is 11.8 Å². The Hall–Kier alpha value is -2.13. The molecule has 4 heteroatoms. The van der Waals surface area contributed by atoms with Crippen molar-refractivity contribution in [2.24, 2.45) is 0 Å². The Bertz CT molecular complexity index is 688. The lowest BCUT2D eigenvalue weighted by molar-refractivity contribution is -0.119. The molecule has 0 spiro atoms. The number of nitrogens with zero attached hydrogens (tertiary/aromatic N) is 1. The van der Waals surface area contributed by atoms with E-state index in [0.29, 0.717) is 10.7 Å². The lowest BCUT2D eigenvalue weighted by Gasteiger charge is -2.16. The molecule has 0 unspecified atom stereocenters. The maximum atomic E-state index is 11.7. The van der Waals surface area contributed by atoms with Crippen LogP contribution in [0.2, 0.25) is 5.02 Å². The second-order valence-electron chi connectivity index (χ2n) is 3.96. The summed E-state index contributed by atoms with van der Waals surface area (Å²) in [5.41, 5.74) is 0.565. The number of halogens is 1. The molecule has 0 saturated heterocycles. The zero-order chi connectivity index (χ0) is 12.7. The summed E-state index contributed by atoms with van der Waals surface area (Å²) in [6, 6.07) is 10.8. The number of imide groups is 1. The first-order valence-corrected chi connectivity index (χ1v) is 5.79. The minimum atomic E-state index is -0.326. The number of hydrogen-bond acceptors (Lipinski definition) is 2. The van der Waals surface area contributed by atoms with Gasteiger partial charge in [-0.1, -0.05) is 35.9 Å². The molecule has 88 valence electrons. The quantitative estimate of drug-likeness (QED) is 0.737. The Kier molecular flexibility index (Phi) is 2.42. The van der Waals surface area contributed by atoms with E-state index in [1.54, 1.807) is 24.3 Å². The van der Waals surface area contributed by atoms with E-state index in [2.05, 4.69) is 0 Å². The van der Waals surface area contributed by atoms with Crippen LogP contribution in [0.4, 0.5) is 5.69 Å². The standard InChI is InChI=1S/C14H8ClNO2/c15-11-5-1-4-10-9(11)3-2-6-12(10)16-13(17)7-8-14(16)18/h1-8H. The summed E-state index contributed by atoms with van der Waals surface area (Å²) < 4.78 is 0. The highest BCUT2D eigenvalue weighted by molar-refractivity contribution is 6.37. The molecule has 0 saturated carbocycles. The molecule has 0 radical (unpaired) electrons. The van der Waals surface area contributed by atoms with Gasteiger partial charge in [0.1, 0.15) is 0 Å². The zero-order valence-electron chi connectivity index (χ0n) is 9.26. The first-order chi connectivity index (χ1) is 8.68. The molecule has 1 aliphatic heterocycles. The van der Waals surface area contributed by atoms with Gasteiger partial charge in [-0.15, -0.1) is 0 Å². The molecule has 0 aliphatic carbocycles. The van der Waals surface area contributed by atoms with Crippen molar-refractivity contribution in [2.45, 2.75) is 0 Å². The molecule has 0 N–H and O–H groups in total. The van der Waals surface area contributed by atoms with Crippen LogP contribution < -0.4 is 4.90 Å². The summed E-state index contributed by atoms with van der Waals surface area (Å²) >= 11 is 6.10. The molecule has 0 bridgehead atoms. The van der Waals surface area contributed by atoms with Crippen LogP contribution in [0.5, 0.6) is 0 Å². The molecule has 2 aromatic rings. The first-order valence-electron chi connectivity index (χ1n) is 5.42. The normalized spacial score (nSPS) is 14.8. The fourth-order valence-corrected chi connectivity index (χ4v) is 2.33. The van der Waals surface area contributed by atoms with E-state index in [9.17, 15) is 9.59 Å². The second-order valence-corrected chi connectivity index (χ2v) is 4.36. The Morgan fingerprint density at radius 1 is 0.833 bits per heavy atom. The third-order valence-electron chi connectivity index (χ3n) is 2.90. The van der Waals surface area contributed by atoms with Gasteiger partial charge >= 0.3 is 0 Å². The number of rotatable bonds is 1. The van der Waals surface area contributed by atoms with Crippen molar-refractivity contribution in [1.29, 1.82) is 0 Å². The van der Waals surface area contributed by atoms with E-state index in [1.165, 1.54) is 12.2 Å². The van der Waals surface area contributed by atoms with Gasteiger partial charge < -0.3 is 0 Å². The average Bonchev–Trinajstić information content (AvgIpc) is 2.69. The highest BCUT2D eigenvalue weighted by Crippen LogP contribution is 2.32. The van der Waals surface area contributed by atoms with E-state index < -0.39 is 0 Å². The SMILES string of the molecule is O=C1C=CC(=O)N1c1cccc2c(Cl)cccc12. The maximum absolute atomic E-state index is 11.7. The summed E-state index contributed by atoms with van der Waals surface area (Å²) in [5, 5.41) is 2.21. The number of carbonyl (C=O) groups is 2. The van der Waals surface area contributed by atoms with Gasteiger partial charge in [-0.05, 0) is 12.1 Å². The lowest BCUT2D eigenvalue weighted by atomic mass is 10.1. The predicted molar refractivity (Wildman–Crippen MR) is 70.6 cm³/mol.